The van der Waals surface area contributed by atoms with E-state index in [9.17, 15) is 4.79 Å². The molecule has 1 aromatic rings. The third-order valence-electron chi connectivity index (χ3n) is 2.66. The first-order chi connectivity index (χ1) is 8.11. The number of rotatable bonds is 7. The van der Waals surface area contributed by atoms with E-state index in [1.807, 2.05) is 36.2 Å². The molecule has 0 amide bonds. The van der Waals surface area contributed by atoms with Gasteiger partial charge in [0.1, 0.15) is 5.78 Å². The largest absolute Gasteiger partial charge is 0.399 e. The number of anilines is 1. The van der Waals surface area contributed by atoms with E-state index in [-0.39, 0.29) is 0 Å². The van der Waals surface area contributed by atoms with Crippen molar-refractivity contribution in [1.29, 1.82) is 0 Å². The molecule has 0 radical (unpaired) electrons. The number of nitrogens with two attached hydrogens (primary N) is 1. The molecule has 0 aromatic heterocycles. The van der Waals surface area contributed by atoms with E-state index >= 15 is 0 Å². The number of carbonyl (C=O) groups excluding carboxylic acids is 1. The molecule has 0 heterocycles. The van der Waals surface area contributed by atoms with E-state index in [1.54, 1.807) is 0 Å². The highest BCUT2D eigenvalue weighted by Gasteiger charge is 2.06. The Morgan fingerprint density at radius 3 is 2.82 bits per heavy atom. The van der Waals surface area contributed by atoms with Crippen LogP contribution in [0, 0.1) is 0 Å². The number of hydrogen-bond acceptors (Lipinski definition) is 3. The van der Waals surface area contributed by atoms with Gasteiger partial charge < -0.3 is 5.73 Å². The first-order valence-corrected chi connectivity index (χ1v) is 6.16. The van der Waals surface area contributed by atoms with Crippen LogP contribution in [0.4, 0.5) is 5.69 Å². The summed E-state index contributed by atoms with van der Waals surface area (Å²) in [6, 6.07) is 7.80. The molecular weight excluding hydrogens is 212 g/mol. The summed E-state index contributed by atoms with van der Waals surface area (Å²) >= 11 is 0. The number of hydrogen-bond donors (Lipinski definition) is 1. The molecule has 0 aliphatic carbocycles. The predicted molar refractivity (Wildman–Crippen MR) is 71.7 cm³/mol. The van der Waals surface area contributed by atoms with Crippen LogP contribution < -0.4 is 5.73 Å². The molecule has 0 saturated carbocycles. The molecule has 0 aliphatic heterocycles. The minimum atomic E-state index is 0.318. The molecule has 0 aliphatic rings. The molecule has 3 nitrogen and oxygen atoms in total. The first kappa shape index (κ1) is 13.7. The monoisotopic (exact) mass is 234 g/mol. The fraction of sp³-hybridized carbons (Fsp3) is 0.500. The number of nitrogens with zero attached hydrogens (tertiary/aromatic N) is 1. The van der Waals surface area contributed by atoms with Crippen LogP contribution in [-0.2, 0) is 11.3 Å². The molecule has 0 spiro atoms. The number of nitrogen functional groups attached to an aromatic ring is 1. The van der Waals surface area contributed by atoms with Gasteiger partial charge in [0.2, 0.25) is 0 Å². The maximum absolute atomic E-state index is 11.6. The van der Waals surface area contributed by atoms with Crippen molar-refractivity contribution in [2.45, 2.75) is 32.7 Å². The van der Waals surface area contributed by atoms with Crippen LogP contribution in [-0.4, -0.2) is 24.3 Å². The van der Waals surface area contributed by atoms with Crippen LogP contribution >= 0.6 is 0 Å². The smallest absolute Gasteiger partial charge is 0.146 e. The molecule has 17 heavy (non-hydrogen) atoms. The van der Waals surface area contributed by atoms with Crippen LogP contribution in [0.25, 0.3) is 0 Å². The quantitative estimate of drug-likeness (QED) is 0.737. The van der Waals surface area contributed by atoms with Crippen molar-refractivity contribution in [3.05, 3.63) is 29.8 Å². The number of ketones is 1. The lowest BCUT2D eigenvalue weighted by atomic mass is 10.1. The Balaban J connectivity index is 2.39. The Labute approximate surface area is 104 Å². The summed E-state index contributed by atoms with van der Waals surface area (Å²) in [6.07, 6.45) is 2.76. The fourth-order valence-corrected chi connectivity index (χ4v) is 1.81. The maximum atomic E-state index is 11.6. The Hall–Kier alpha value is -1.35. The number of likely N-dealkylation sites (N-methyl/N-ethyl adjacent to an activating group) is 1. The van der Waals surface area contributed by atoms with Crippen LogP contribution in [0.2, 0.25) is 0 Å². The van der Waals surface area contributed by atoms with Crippen molar-refractivity contribution in [1.82, 2.24) is 4.90 Å². The molecule has 2 N–H and O–H groups in total. The van der Waals surface area contributed by atoms with E-state index in [2.05, 4.69) is 6.92 Å². The highest BCUT2D eigenvalue weighted by molar-refractivity contribution is 5.80. The third kappa shape index (κ3) is 5.50. The summed E-state index contributed by atoms with van der Waals surface area (Å²) in [6.45, 7) is 3.39. The van der Waals surface area contributed by atoms with Crippen molar-refractivity contribution in [2.75, 3.05) is 19.3 Å². The summed E-state index contributed by atoms with van der Waals surface area (Å²) in [5.41, 5.74) is 7.64. The Morgan fingerprint density at radius 2 is 2.18 bits per heavy atom. The van der Waals surface area contributed by atoms with Crippen molar-refractivity contribution >= 4 is 11.5 Å². The third-order valence-corrected chi connectivity index (χ3v) is 2.66. The summed E-state index contributed by atoms with van der Waals surface area (Å²) in [7, 11) is 1.97. The number of carbonyl (C=O) groups is 1. The van der Waals surface area contributed by atoms with Gasteiger partial charge in [0.05, 0.1) is 6.54 Å². The molecule has 94 valence electrons. The second kappa shape index (κ2) is 7.07. The van der Waals surface area contributed by atoms with Gasteiger partial charge in [-0.15, -0.1) is 0 Å². The van der Waals surface area contributed by atoms with Gasteiger partial charge in [-0.25, -0.2) is 0 Å². The number of unbranched alkanes of at least 4 members (excludes halogenated alkanes) is 1. The molecular formula is C14H22N2O. The summed E-state index contributed by atoms with van der Waals surface area (Å²) in [5.74, 6) is 0.318. The van der Waals surface area contributed by atoms with E-state index in [0.717, 1.165) is 30.6 Å². The van der Waals surface area contributed by atoms with E-state index in [0.29, 0.717) is 18.7 Å². The number of Topliss-reactive ketones (excluding diaryl/α,β-unsaturated/α-hetero) is 1. The van der Waals surface area contributed by atoms with Crippen LogP contribution in [0.1, 0.15) is 31.7 Å². The van der Waals surface area contributed by atoms with Gasteiger partial charge in [-0.05, 0) is 31.2 Å². The molecule has 0 bridgehead atoms. The van der Waals surface area contributed by atoms with Gasteiger partial charge in [-0.1, -0.05) is 25.5 Å². The molecule has 3 heteroatoms. The van der Waals surface area contributed by atoms with Crippen molar-refractivity contribution in [3.8, 4) is 0 Å². The lowest BCUT2D eigenvalue weighted by Gasteiger charge is -2.16. The molecule has 1 aromatic carbocycles. The Kier molecular flexibility index (Phi) is 5.70. The van der Waals surface area contributed by atoms with Gasteiger partial charge in [0.15, 0.2) is 0 Å². The zero-order chi connectivity index (χ0) is 12.7. The minimum Gasteiger partial charge on any atom is -0.399 e. The summed E-state index contributed by atoms with van der Waals surface area (Å²) < 4.78 is 0. The number of benzene rings is 1. The molecule has 1 rings (SSSR count). The van der Waals surface area contributed by atoms with Crippen molar-refractivity contribution in [2.24, 2.45) is 0 Å². The predicted octanol–water partition coefficient (Wildman–Crippen LogP) is 2.46. The normalized spacial score (nSPS) is 10.8. The van der Waals surface area contributed by atoms with Crippen molar-refractivity contribution < 1.29 is 4.79 Å². The van der Waals surface area contributed by atoms with E-state index in [1.165, 1.54) is 0 Å². The summed E-state index contributed by atoms with van der Waals surface area (Å²) in [5, 5.41) is 0. The van der Waals surface area contributed by atoms with Gasteiger partial charge >= 0.3 is 0 Å². The average Bonchev–Trinajstić information content (AvgIpc) is 2.26. The lowest BCUT2D eigenvalue weighted by molar-refractivity contribution is -0.120. The van der Waals surface area contributed by atoms with Gasteiger partial charge in [-0.2, -0.15) is 0 Å². The van der Waals surface area contributed by atoms with Crippen LogP contribution in [0.15, 0.2) is 24.3 Å². The molecule has 0 saturated heterocycles. The van der Waals surface area contributed by atoms with Crippen molar-refractivity contribution in [3.63, 3.8) is 0 Å². The molecule has 0 unspecified atom stereocenters. The first-order valence-electron chi connectivity index (χ1n) is 6.16. The standard InChI is InChI=1S/C14H22N2O/c1-3-4-8-14(17)11-16(2)10-12-6-5-7-13(15)9-12/h5-7,9H,3-4,8,10-11,15H2,1-2H3. The second-order valence-corrected chi connectivity index (χ2v) is 4.56. The van der Waals surface area contributed by atoms with Gasteiger partial charge in [0, 0.05) is 18.7 Å². The Morgan fingerprint density at radius 1 is 1.41 bits per heavy atom. The van der Waals surface area contributed by atoms with E-state index in [4.69, 9.17) is 5.73 Å². The zero-order valence-electron chi connectivity index (χ0n) is 10.8. The topological polar surface area (TPSA) is 46.3 Å². The zero-order valence-corrected chi connectivity index (χ0v) is 10.8. The SMILES string of the molecule is CCCCC(=O)CN(C)Cc1cccc(N)c1. The molecule has 0 atom stereocenters. The van der Waals surface area contributed by atoms with E-state index < -0.39 is 0 Å². The average molecular weight is 234 g/mol. The van der Waals surface area contributed by atoms with Crippen LogP contribution in [0.3, 0.4) is 0 Å². The van der Waals surface area contributed by atoms with Crippen LogP contribution in [0.5, 0.6) is 0 Å². The molecule has 0 fully saturated rings. The van der Waals surface area contributed by atoms with Gasteiger partial charge in [0.25, 0.3) is 0 Å². The highest BCUT2D eigenvalue weighted by atomic mass is 16.1. The minimum absolute atomic E-state index is 0.318. The highest BCUT2D eigenvalue weighted by Crippen LogP contribution is 2.09. The summed E-state index contributed by atoms with van der Waals surface area (Å²) in [4.78, 5) is 13.6. The second-order valence-electron chi connectivity index (χ2n) is 4.56. The lowest BCUT2D eigenvalue weighted by Crippen LogP contribution is -2.25. The fourth-order valence-electron chi connectivity index (χ4n) is 1.81. The maximum Gasteiger partial charge on any atom is 0.146 e. The van der Waals surface area contributed by atoms with Gasteiger partial charge in [-0.3, -0.25) is 9.69 Å². The Bertz CT molecular complexity index is 363.